The lowest BCUT2D eigenvalue weighted by atomic mass is 10.1. The fourth-order valence-corrected chi connectivity index (χ4v) is 3.33. The second-order valence-corrected chi connectivity index (χ2v) is 6.44. The van der Waals surface area contributed by atoms with Gasteiger partial charge in [-0.25, -0.2) is 0 Å². The van der Waals surface area contributed by atoms with Crippen molar-refractivity contribution in [2.45, 2.75) is 25.1 Å². The molecule has 2 atom stereocenters. The minimum absolute atomic E-state index is 0.0385. The molecule has 98 valence electrons. The summed E-state index contributed by atoms with van der Waals surface area (Å²) in [5.41, 5.74) is 6.77. The van der Waals surface area contributed by atoms with Crippen LogP contribution in [0.3, 0.4) is 0 Å². The van der Waals surface area contributed by atoms with Gasteiger partial charge in [0.25, 0.3) is 5.91 Å². The zero-order valence-corrected chi connectivity index (χ0v) is 12.1. The molecule has 1 aromatic rings. The first-order chi connectivity index (χ1) is 8.50. The van der Waals surface area contributed by atoms with Gasteiger partial charge in [-0.2, -0.15) is 11.8 Å². The Bertz CT molecular complexity index is 466. The molecule has 2 rings (SSSR count). The summed E-state index contributed by atoms with van der Waals surface area (Å²) < 4.78 is 0. The van der Waals surface area contributed by atoms with Crippen molar-refractivity contribution in [1.82, 2.24) is 4.90 Å². The molecular formula is C13H17ClN2OS. The highest BCUT2D eigenvalue weighted by molar-refractivity contribution is 8.00. The highest BCUT2D eigenvalue weighted by Gasteiger charge is 2.29. The molecule has 1 heterocycles. The Morgan fingerprint density at radius 3 is 2.89 bits per heavy atom. The van der Waals surface area contributed by atoms with Crippen molar-refractivity contribution in [3.05, 3.63) is 28.8 Å². The normalized spacial score (nSPS) is 24.1. The lowest BCUT2D eigenvalue weighted by molar-refractivity contribution is 0.0698. The highest BCUT2D eigenvalue weighted by atomic mass is 35.5. The fourth-order valence-electron chi connectivity index (χ4n) is 2.05. The van der Waals surface area contributed by atoms with Gasteiger partial charge in [0.2, 0.25) is 0 Å². The third kappa shape index (κ3) is 2.59. The first-order valence-corrected chi connectivity index (χ1v) is 7.41. The SMILES string of the molecule is CC1SCCN(C(=O)c2ccc(N)c(Cl)c2)C1C. The van der Waals surface area contributed by atoms with Crippen molar-refractivity contribution < 1.29 is 4.79 Å². The smallest absolute Gasteiger partial charge is 0.254 e. The summed E-state index contributed by atoms with van der Waals surface area (Å²) in [7, 11) is 0. The van der Waals surface area contributed by atoms with E-state index in [1.54, 1.807) is 18.2 Å². The van der Waals surface area contributed by atoms with Gasteiger partial charge in [0, 0.05) is 29.2 Å². The van der Waals surface area contributed by atoms with Crippen LogP contribution in [0.1, 0.15) is 24.2 Å². The van der Waals surface area contributed by atoms with Crippen LogP contribution in [-0.2, 0) is 0 Å². The molecule has 2 N–H and O–H groups in total. The number of rotatable bonds is 1. The van der Waals surface area contributed by atoms with Gasteiger partial charge in [0.05, 0.1) is 10.7 Å². The van der Waals surface area contributed by atoms with E-state index in [1.165, 1.54) is 0 Å². The summed E-state index contributed by atoms with van der Waals surface area (Å²) in [4.78, 5) is 14.4. The number of halogens is 1. The molecule has 1 aliphatic heterocycles. The van der Waals surface area contributed by atoms with E-state index in [2.05, 4.69) is 13.8 Å². The van der Waals surface area contributed by atoms with E-state index in [1.807, 2.05) is 16.7 Å². The molecule has 0 spiro atoms. The Morgan fingerprint density at radius 2 is 2.22 bits per heavy atom. The van der Waals surface area contributed by atoms with Crippen LogP contribution in [0.15, 0.2) is 18.2 Å². The minimum Gasteiger partial charge on any atom is -0.398 e. The van der Waals surface area contributed by atoms with Gasteiger partial charge in [-0.1, -0.05) is 18.5 Å². The zero-order valence-electron chi connectivity index (χ0n) is 10.5. The van der Waals surface area contributed by atoms with Crippen molar-refractivity contribution in [3.8, 4) is 0 Å². The van der Waals surface area contributed by atoms with E-state index >= 15 is 0 Å². The van der Waals surface area contributed by atoms with Crippen LogP contribution in [0.2, 0.25) is 5.02 Å². The van der Waals surface area contributed by atoms with Crippen LogP contribution in [0, 0.1) is 0 Å². The van der Waals surface area contributed by atoms with Crippen LogP contribution < -0.4 is 5.73 Å². The topological polar surface area (TPSA) is 46.3 Å². The standard InChI is InChI=1S/C13H17ClN2OS/c1-8-9(2)18-6-5-16(8)13(17)10-3-4-12(15)11(14)7-10/h3-4,7-9H,5-6,15H2,1-2H3. The monoisotopic (exact) mass is 284 g/mol. The van der Waals surface area contributed by atoms with E-state index in [0.717, 1.165) is 12.3 Å². The molecule has 18 heavy (non-hydrogen) atoms. The Balaban J connectivity index is 2.22. The van der Waals surface area contributed by atoms with Crippen molar-refractivity contribution in [2.24, 2.45) is 0 Å². The van der Waals surface area contributed by atoms with Crippen LogP contribution in [0.5, 0.6) is 0 Å². The number of carbonyl (C=O) groups is 1. The van der Waals surface area contributed by atoms with E-state index in [9.17, 15) is 4.79 Å². The first-order valence-electron chi connectivity index (χ1n) is 5.98. The third-order valence-corrected chi connectivity index (χ3v) is 5.06. The molecule has 3 nitrogen and oxygen atoms in total. The van der Waals surface area contributed by atoms with Crippen LogP contribution in [0.25, 0.3) is 0 Å². The van der Waals surface area contributed by atoms with Crippen LogP contribution >= 0.6 is 23.4 Å². The molecule has 1 aromatic carbocycles. The molecule has 0 bridgehead atoms. The van der Waals surface area contributed by atoms with Gasteiger partial charge in [-0.15, -0.1) is 0 Å². The summed E-state index contributed by atoms with van der Waals surface area (Å²) in [5, 5.41) is 0.903. The van der Waals surface area contributed by atoms with Crippen molar-refractivity contribution in [1.29, 1.82) is 0 Å². The Labute approximate surface area is 117 Å². The largest absolute Gasteiger partial charge is 0.398 e. The Kier molecular flexibility index (Phi) is 4.07. The molecule has 1 aliphatic rings. The van der Waals surface area contributed by atoms with Crippen molar-refractivity contribution in [3.63, 3.8) is 0 Å². The van der Waals surface area contributed by atoms with E-state index in [0.29, 0.717) is 21.5 Å². The number of nitrogens with two attached hydrogens (primary N) is 1. The lowest BCUT2D eigenvalue weighted by Gasteiger charge is -2.37. The molecule has 1 fully saturated rings. The average Bonchev–Trinajstić information content (AvgIpc) is 2.35. The molecular weight excluding hydrogens is 268 g/mol. The quantitative estimate of drug-likeness (QED) is 0.807. The minimum atomic E-state index is 0.0385. The van der Waals surface area contributed by atoms with Crippen LogP contribution in [-0.4, -0.2) is 34.4 Å². The molecule has 0 aliphatic carbocycles. The van der Waals surface area contributed by atoms with E-state index in [4.69, 9.17) is 17.3 Å². The maximum atomic E-state index is 12.4. The van der Waals surface area contributed by atoms with E-state index < -0.39 is 0 Å². The van der Waals surface area contributed by atoms with Gasteiger partial charge < -0.3 is 10.6 Å². The summed E-state index contributed by atoms with van der Waals surface area (Å²) in [6, 6.07) is 5.32. The van der Waals surface area contributed by atoms with E-state index in [-0.39, 0.29) is 11.9 Å². The van der Waals surface area contributed by atoms with Gasteiger partial charge in [-0.3, -0.25) is 4.79 Å². The number of hydrogen-bond acceptors (Lipinski definition) is 3. The number of carbonyl (C=O) groups excluding carboxylic acids is 1. The number of nitrogens with zero attached hydrogens (tertiary/aromatic N) is 1. The van der Waals surface area contributed by atoms with Crippen molar-refractivity contribution >= 4 is 35.0 Å². The van der Waals surface area contributed by atoms with Crippen LogP contribution in [0.4, 0.5) is 5.69 Å². The number of benzene rings is 1. The number of anilines is 1. The molecule has 1 saturated heterocycles. The Morgan fingerprint density at radius 1 is 1.50 bits per heavy atom. The molecule has 2 unspecified atom stereocenters. The third-order valence-electron chi connectivity index (χ3n) is 3.39. The Hall–Kier alpha value is -0.870. The van der Waals surface area contributed by atoms with Gasteiger partial charge >= 0.3 is 0 Å². The van der Waals surface area contributed by atoms with Gasteiger partial charge in [-0.05, 0) is 25.1 Å². The molecule has 1 amide bonds. The van der Waals surface area contributed by atoms with Crippen molar-refractivity contribution in [2.75, 3.05) is 18.0 Å². The second kappa shape index (κ2) is 5.41. The average molecular weight is 285 g/mol. The summed E-state index contributed by atoms with van der Waals surface area (Å²) >= 11 is 7.87. The first kappa shape index (κ1) is 13.6. The highest BCUT2D eigenvalue weighted by Crippen LogP contribution is 2.27. The summed E-state index contributed by atoms with van der Waals surface area (Å²) in [6.07, 6.45) is 0. The number of thioether (sulfide) groups is 1. The fraction of sp³-hybridized carbons (Fsp3) is 0.462. The molecule has 5 heteroatoms. The molecule has 0 aromatic heterocycles. The maximum absolute atomic E-state index is 12.4. The lowest BCUT2D eigenvalue weighted by Crippen LogP contribution is -2.47. The van der Waals surface area contributed by atoms with Gasteiger partial charge in [0.15, 0.2) is 0 Å². The number of hydrogen-bond donors (Lipinski definition) is 1. The summed E-state index contributed by atoms with van der Waals surface area (Å²) in [6.45, 7) is 5.04. The number of nitrogen functional groups attached to an aromatic ring is 1. The maximum Gasteiger partial charge on any atom is 0.254 e. The molecule has 0 radical (unpaired) electrons. The zero-order chi connectivity index (χ0) is 13.3. The molecule has 0 saturated carbocycles. The predicted molar refractivity (Wildman–Crippen MR) is 78.3 cm³/mol. The summed E-state index contributed by atoms with van der Waals surface area (Å²) in [5.74, 6) is 1.02. The number of amides is 1. The van der Waals surface area contributed by atoms with Gasteiger partial charge in [0.1, 0.15) is 0 Å². The predicted octanol–water partition coefficient (Wildman–Crippen LogP) is 2.89. The second-order valence-electron chi connectivity index (χ2n) is 4.55.